The third-order valence-electron chi connectivity index (χ3n) is 3.22. The molecule has 0 atom stereocenters. The summed E-state index contributed by atoms with van der Waals surface area (Å²) in [5.74, 6) is 0.820. The summed E-state index contributed by atoms with van der Waals surface area (Å²) in [5, 5.41) is 12.7. The standard InChI is InChI=1S/C15H18N4O3S/c1-3-4-5-15-17-14(18-22-15)11-19(23(2,20)21)13-8-6-12(10-16)7-9-13/h6-9H,3-5,11H2,1-2H3. The molecule has 7 nitrogen and oxygen atoms in total. The van der Waals surface area contributed by atoms with Crippen LogP contribution in [0.5, 0.6) is 0 Å². The van der Waals surface area contributed by atoms with Crippen molar-refractivity contribution in [2.45, 2.75) is 32.7 Å². The Kier molecular flexibility index (Phi) is 5.34. The highest BCUT2D eigenvalue weighted by Crippen LogP contribution is 2.20. The molecule has 0 aliphatic heterocycles. The summed E-state index contributed by atoms with van der Waals surface area (Å²) in [6, 6.07) is 8.29. The van der Waals surface area contributed by atoms with E-state index in [0.29, 0.717) is 29.4 Å². The van der Waals surface area contributed by atoms with Crippen LogP contribution in [0.1, 0.15) is 37.0 Å². The van der Waals surface area contributed by atoms with Gasteiger partial charge in [-0.1, -0.05) is 18.5 Å². The molecule has 8 heteroatoms. The molecule has 0 aliphatic rings. The second-order valence-corrected chi connectivity index (χ2v) is 7.04. The molecule has 0 saturated heterocycles. The predicted octanol–water partition coefficient (Wildman–Crippen LogP) is 2.25. The van der Waals surface area contributed by atoms with E-state index in [1.54, 1.807) is 24.3 Å². The van der Waals surface area contributed by atoms with Crippen LogP contribution >= 0.6 is 0 Å². The first-order valence-corrected chi connectivity index (χ1v) is 9.08. The minimum atomic E-state index is -3.51. The zero-order valence-corrected chi connectivity index (χ0v) is 13.9. The zero-order valence-electron chi connectivity index (χ0n) is 13.1. The Hall–Kier alpha value is -2.40. The number of nitriles is 1. The molecule has 122 valence electrons. The van der Waals surface area contributed by atoms with Crippen LogP contribution in [-0.2, 0) is 23.0 Å². The highest BCUT2D eigenvalue weighted by Gasteiger charge is 2.20. The first-order chi connectivity index (χ1) is 10.9. The number of anilines is 1. The van der Waals surface area contributed by atoms with Crippen LogP contribution in [-0.4, -0.2) is 24.8 Å². The number of rotatable bonds is 7. The third kappa shape index (κ3) is 4.53. The van der Waals surface area contributed by atoms with Crippen molar-refractivity contribution >= 4 is 15.7 Å². The molecule has 0 amide bonds. The maximum Gasteiger partial charge on any atom is 0.232 e. The topological polar surface area (TPSA) is 100 Å². The number of benzene rings is 1. The molecule has 0 unspecified atom stereocenters. The van der Waals surface area contributed by atoms with Gasteiger partial charge in [-0.15, -0.1) is 0 Å². The number of sulfonamides is 1. The second-order valence-electron chi connectivity index (χ2n) is 5.14. The summed E-state index contributed by atoms with van der Waals surface area (Å²) < 4.78 is 30.4. The lowest BCUT2D eigenvalue weighted by Gasteiger charge is -2.20. The second kappa shape index (κ2) is 7.24. The summed E-state index contributed by atoms with van der Waals surface area (Å²) in [5.41, 5.74) is 0.912. The Morgan fingerprint density at radius 3 is 2.57 bits per heavy atom. The quantitative estimate of drug-likeness (QED) is 0.770. The number of hydrogen-bond donors (Lipinski definition) is 0. The van der Waals surface area contributed by atoms with E-state index in [2.05, 4.69) is 17.1 Å². The number of aryl methyl sites for hydroxylation is 1. The smallest absolute Gasteiger partial charge is 0.232 e. The molecule has 1 aromatic carbocycles. The molecule has 0 radical (unpaired) electrons. The van der Waals surface area contributed by atoms with Crippen molar-refractivity contribution in [2.75, 3.05) is 10.6 Å². The molecule has 0 fully saturated rings. The summed E-state index contributed by atoms with van der Waals surface area (Å²) >= 11 is 0. The minimum absolute atomic E-state index is 0.0135. The van der Waals surface area contributed by atoms with Gasteiger partial charge < -0.3 is 4.52 Å². The van der Waals surface area contributed by atoms with E-state index in [0.717, 1.165) is 19.1 Å². The molecule has 0 saturated carbocycles. The fraction of sp³-hybridized carbons (Fsp3) is 0.400. The van der Waals surface area contributed by atoms with E-state index in [-0.39, 0.29) is 6.54 Å². The molecular weight excluding hydrogens is 316 g/mol. The van der Waals surface area contributed by atoms with Crippen molar-refractivity contribution in [2.24, 2.45) is 0 Å². The molecule has 0 spiro atoms. The average Bonchev–Trinajstić information content (AvgIpc) is 2.97. The lowest BCUT2D eigenvalue weighted by molar-refractivity contribution is 0.370. The maximum atomic E-state index is 12.0. The Labute approximate surface area is 135 Å². The van der Waals surface area contributed by atoms with Gasteiger partial charge in [-0.25, -0.2) is 8.42 Å². The van der Waals surface area contributed by atoms with Crippen molar-refractivity contribution in [1.29, 1.82) is 5.26 Å². The van der Waals surface area contributed by atoms with E-state index in [9.17, 15) is 8.42 Å². The molecule has 0 bridgehead atoms. The van der Waals surface area contributed by atoms with Gasteiger partial charge in [0.2, 0.25) is 15.9 Å². The van der Waals surface area contributed by atoms with Crippen molar-refractivity contribution in [3.63, 3.8) is 0 Å². The monoisotopic (exact) mass is 334 g/mol. The van der Waals surface area contributed by atoms with Crippen LogP contribution in [0.15, 0.2) is 28.8 Å². The molecule has 2 aromatic rings. The molecule has 0 aliphatic carbocycles. The van der Waals surface area contributed by atoms with Gasteiger partial charge in [-0.3, -0.25) is 4.31 Å². The highest BCUT2D eigenvalue weighted by atomic mass is 32.2. The molecule has 1 aromatic heterocycles. The largest absolute Gasteiger partial charge is 0.339 e. The van der Waals surface area contributed by atoms with Gasteiger partial charge in [0.15, 0.2) is 5.82 Å². The van der Waals surface area contributed by atoms with Gasteiger partial charge in [0.05, 0.1) is 30.1 Å². The SMILES string of the molecule is CCCCc1nc(CN(c2ccc(C#N)cc2)S(C)(=O)=O)no1. The minimum Gasteiger partial charge on any atom is -0.339 e. The molecular formula is C15H18N4O3S. The van der Waals surface area contributed by atoms with E-state index < -0.39 is 10.0 Å². The van der Waals surface area contributed by atoms with E-state index in [4.69, 9.17) is 9.78 Å². The summed E-state index contributed by atoms with van der Waals surface area (Å²) in [6.07, 6.45) is 3.74. The van der Waals surface area contributed by atoms with E-state index >= 15 is 0 Å². The first-order valence-electron chi connectivity index (χ1n) is 7.23. The summed E-state index contributed by atoms with van der Waals surface area (Å²) in [7, 11) is -3.51. The van der Waals surface area contributed by atoms with Crippen LogP contribution in [0.4, 0.5) is 5.69 Å². The summed E-state index contributed by atoms with van der Waals surface area (Å²) in [4.78, 5) is 4.22. The molecule has 2 rings (SSSR count). The van der Waals surface area contributed by atoms with Crippen molar-refractivity contribution in [3.8, 4) is 6.07 Å². The summed E-state index contributed by atoms with van der Waals surface area (Å²) in [6.45, 7) is 2.05. The van der Waals surface area contributed by atoms with Gasteiger partial charge in [0.25, 0.3) is 0 Å². The predicted molar refractivity (Wildman–Crippen MR) is 85.1 cm³/mol. The van der Waals surface area contributed by atoms with E-state index in [1.807, 2.05) is 6.07 Å². The zero-order chi connectivity index (χ0) is 16.9. The van der Waals surface area contributed by atoms with Crippen LogP contribution in [0.2, 0.25) is 0 Å². The first kappa shape index (κ1) is 17.0. The fourth-order valence-electron chi connectivity index (χ4n) is 2.01. The number of unbranched alkanes of at least 4 members (excludes halogenated alkanes) is 1. The van der Waals surface area contributed by atoms with Gasteiger partial charge in [-0.05, 0) is 30.7 Å². The highest BCUT2D eigenvalue weighted by molar-refractivity contribution is 7.92. The number of nitrogens with zero attached hydrogens (tertiary/aromatic N) is 4. The lowest BCUT2D eigenvalue weighted by Crippen LogP contribution is -2.29. The van der Waals surface area contributed by atoms with Crippen molar-refractivity contribution in [1.82, 2.24) is 10.1 Å². The van der Waals surface area contributed by atoms with Crippen LogP contribution in [0, 0.1) is 11.3 Å². The molecule has 0 N–H and O–H groups in total. The normalized spacial score (nSPS) is 11.2. The van der Waals surface area contributed by atoms with Gasteiger partial charge in [-0.2, -0.15) is 10.2 Å². The van der Waals surface area contributed by atoms with Gasteiger partial charge in [0.1, 0.15) is 0 Å². The van der Waals surface area contributed by atoms with E-state index in [1.165, 1.54) is 4.31 Å². The molecule has 1 heterocycles. The van der Waals surface area contributed by atoms with Gasteiger partial charge >= 0.3 is 0 Å². The molecule has 23 heavy (non-hydrogen) atoms. The Morgan fingerprint density at radius 1 is 1.30 bits per heavy atom. The Balaban J connectivity index is 2.22. The van der Waals surface area contributed by atoms with Crippen molar-refractivity contribution < 1.29 is 12.9 Å². The van der Waals surface area contributed by atoms with Crippen LogP contribution in [0.3, 0.4) is 0 Å². The van der Waals surface area contributed by atoms with Gasteiger partial charge in [0, 0.05) is 6.42 Å². The maximum absolute atomic E-state index is 12.0. The van der Waals surface area contributed by atoms with Crippen molar-refractivity contribution in [3.05, 3.63) is 41.5 Å². The third-order valence-corrected chi connectivity index (χ3v) is 4.36. The van der Waals surface area contributed by atoms with Crippen LogP contribution < -0.4 is 4.31 Å². The lowest BCUT2D eigenvalue weighted by atomic mass is 10.2. The fourth-order valence-corrected chi connectivity index (χ4v) is 2.87. The number of hydrogen-bond acceptors (Lipinski definition) is 6. The number of aromatic nitrogens is 2. The average molecular weight is 334 g/mol. The Morgan fingerprint density at radius 2 is 2.00 bits per heavy atom. The van der Waals surface area contributed by atoms with Crippen LogP contribution in [0.25, 0.3) is 0 Å². The Bertz CT molecular complexity index is 791.